The van der Waals surface area contributed by atoms with Gasteiger partial charge in [0.25, 0.3) is 5.91 Å². The van der Waals surface area contributed by atoms with Gasteiger partial charge in [-0.05, 0) is 69.0 Å². The number of carbonyl (C=O) groups is 2. The molecule has 2 aromatic rings. The topological polar surface area (TPSA) is 126 Å². The molecule has 37 heavy (non-hydrogen) atoms. The highest BCUT2D eigenvalue weighted by atomic mass is 16.5. The molecule has 0 aliphatic carbocycles. The third-order valence-electron chi connectivity index (χ3n) is 7.43. The first-order valence-corrected chi connectivity index (χ1v) is 12.9. The second-order valence-corrected chi connectivity index (χ2v) is 10.2. The van der Waals surface area contributed by atoms with Crippen LogP contribution in [0.2, 0.25) is 0 Å². The van der Waals surface area contributed by atoms with Crippen LogP contribution in [0, 0.1) is 0 Å². The van der Waals surface area contributed by atoms with Crippen LogP contribution in [-0.2, 0) is 17.8 Å². The van der Waals surface area contributed by atoms with Crippen LogP contribution in [0.4, 0.5) is 0 Å². The number of benzene rings is 2. The number of aliphatic hydroxyl groups excluding tert-OH is 1. The quantitative estimate of drug-likeness (QED) is 0.588. The predicted molar refractivity (Wildman–Crippen MR) is 139 cm³/mol. The molecule has 4 heterocycles. The van der Waals surface area contributed by atoms with Crippen LogP contribution < -0.4 is 20.5 Å². The Labute approximate surface area is 216 Å². The maximum Gasteiger partial charge on any atom is 0.251 e. The first-order valence-electron chi connectivity index (χ1n) is 12.9. The fourth-order valence-corrected chi connectivity index (χ4v) is 5.38. The van der Waals surface area contributed by atoms with E-state index in [0.717, 1.165) is 36.8 Å². The lowest BCUT2D eigenvalue weighted by Gasteiger charge is -2.30. The summed E-state index contributed by atoms with van der Waals surface area (Å²) in [5.41, 5.74) is 8.31. The van der Waals surface area contributed by atoms with Gasteiger partial charge in [0.15, 0.2) is 11.6 Å². The molecule has 9 nitrogen and oxygen atoms in total. The Morgan fingerprint density at radius 2 is 2.08 bits per heavy atom. The first kappa shape index (κ1) is 25.1. The van der Waals surface area contributed by atoms with E-state index < -0.39 is 11.6 Å². The summed E-state index contributed by atoms with van der Waals surface area (Å²) < 4.78 is 11.9. The number of nitrogens with one attached hydrogen (secondary N) is 1. The SMILES string of the molecule is CCOc1ccc2cc1CN1C(=O)CC(CCCCc3ccc4c(c3)C(NC2=O)C(C)(CO)O4)N=C1N. The molecule has 9 heteroatoms. The van der Waals surface area contributed by atoms with Gasteiger partial charge < -0.3 is 25.6 Å². The van der Waals surface area contributed by atoms with E-state index in [1.807, 2.05) is 19.1 Å². The van der Waals surface area contributed by atoms with Crippen molar-refractivity contribution >= 4 is 17.8 Å². The molecule has 196 valence electrons. The number of aryl methyl sites for hydroxylation is 1. The molecule has 0 radical (unpaired) electrons. The molecule has 6 rings (SSSR count). The third-order valence-corrected chi connectivity index (χ3v) is 7.43. The van der Waals surface area contributed by atoms with Crippen LogP contribution in [-0.4, -0.2) is 52.6 Å². The highest BCUT2D eigenvalue weighted by Crippen LogP contribution is 2.44. The minimum absolute atomic E-state index is 0.0852. The van der Waals surface area contributed by atoms with Crippen molar-refractivity contribution in [1.82, 2.24) is 10.2 Å². The Bertz CT molecular complexity index is 1250. The number of rotatable bonds is 3. The van der Waals surface area contributed by atoms with E-state index >= 15 is 0 Å². The largest absolute Gasteiger partial charge is 0.494 e. The van der Waals surface area contributed by atoms with E-state index in [1.54, 1.807) is 25.1 Å². The lowest BCUT2D eigenvalue weighted by molar-refractivity contribution is -0.128. The number of carbonyl (C=O) groups excluding carboxylic acids is 2. The molecule has 0 saturated carbocycles. The minimum atomic E-state index is -0.992. The second kappa shape index (κ2) is 10.0. The minimum Gasteiger partial charge on any atom is -0.494 e. The van der Waals surface area contributed by atoms with E-state index in [4.69, 9.17) is 15.2 Å². The van der Waals surface area contributed by atoms with Crippen molar-refractivity contribution in [1.29, 1.82) is 0 Å². The number of fused-ring (bicyclic) bond motifs is 5. The number of hydrogen-bond donors (Lipinski definition) is 3. The Morgan fingerprint density at radius 1 is 1.24 bits per heavy atom. The van der Waals surface area contributed by atoms with Crippen molar-refractivity contribution in [3.05, 3.63) is 58.7 Å². The van der Waals surface area contributed by atoms with Gasteiger partial charge in [-0.3, -0.25) is 14.5 Å². The lowest BCUT2D eigenvalue weighted by Crippen LogP contribution is -2.47. The molecule has 0 spiro atoms. The van der Waals surface area contributed by atoms with Crippen LogP contribution in [0.1, 0.15) is 72.6 Å². The summed E-state index contributed by atoms with van der Waals surface area (Å²) in [7, 11) is 0. The molecule has 6 bridgehead atoms. The molecule has 0 fully saturated rings. The average molecular weight is 507 g/mol. The fraction of sp³-hybridized carbons (Fsp3) is 0.464. The Balaban J connectivity index is 1.56. The van der Waals surface area contributed by atoms with Crippen molar-refractivity contribution in [3.8, 4) is 11.5 Å². The zero-order valence-electron chi connectivity index (χ0n) is 21.3. The maximum absolute atomic E-state index is 13.5. The number of amides is 2. The molecule has 0 saturated heterocycles. The van der Waals surface area contributed by atoms with Crippen molar-refractivity contribution in [2.24, 2.45) is 10.7 Å². The Morgan fingerprint density at radius 3 is 2.84 bits per heavy atom. The van der Waals surface area contributed by atoms with Crippen molar-refractivity contribution in [3.63, 3.8) is 0 Å². The van der Waals surface area contributed by atoms with Crippen LogP contribution in [0.3, 0.4) is 0 Å². The first-order chi connectivity index (χ1) is 17.8. The summed E-state index contributed by atoms with van der Waals surface area (Å²) in [5, 5.41) is 13.3. The molecule has 4 aliphatic heterocycles. The van der Waals surface area contributed by atoms with Gasteiger partial charge in [0, 0.05) is 23.1 Å². The molecule has 2 aromatic carbocycles. The number of guanidine groups is 1. The monoisotopic (exact) mass is 506 g/mol. The average Bonchev–Trinajstić information content (AvgIpc) is 3.15. The Hall–Kier alpha value is -3.59. The number of aliphatic imine (C=N–C) groups is 1. The van der Waals surface area contributed by atoms with Gasteiger partial charge in [-0.15, -0.1) is 0 Å². The molecule has 4 aliphatic rings. The molecule has 0 aromatic heterocycles. The zero-order valence-corrected chi connectivity index (χ0v) is 21.3. The zero-order chi connectivity index (χ0) is 26.2. The summed E-state index contributed by atoms with van der Waals surface area (Å²) in [6.07, 6.45) is 3.78. The number of aliphatic hydroxyl groups is 1. The molecule has 4 N–H and O–H groups in total. The second-order valence-electron chi connectivity index (χ2n) is 10.2. The highest BCUT2D eigenvalue weighted by molar-refractivity contribution is 5.99. The van der Waals surface area contributed by atoms with E-state index in [-0.39, 0.29) is 37.0 Å². The maximum atomic E-state index is 13.5. The van der Waals surface area contributed by atoms with E-state index in [0.29, 0.717) is 35.7 Å². The predicted octanol–water partition coefficient (Wildman–Crippen LogP) is 2.84. The normalized spacial score (nSPS) is 25.6. The summed E-state index contributed by atoms with van der Waals surface area (Å²) in [5.74, 6) is 1.04. The highest BCUT2D eigenvalue weighted by Gasteiger charge is 2.45. The van der Waals surface area contributed by atoms with Gasteiger partial charge in [0.05, 0.1) is 31.8 Å². The van der Waals surface area contributed by atoms with Crippen LogP contribution >= 0.6 is 0 Å². The third kappa shape index (κ3) is 4.87. The summed E-state index contributed by atoms with van der Waals surface area (Å²) in [6.45, 7) is 4.01. The Kier molecular flexibility index (Phi) is 6.81. The molecular weight excluding hydrogens is 472 g/mol. The van der Waals surface area contributed by atoms with Gasteiger partial charge in [-0.1, -0.05) is 12.5 Å². The van der Waals surface area contributed by atoms with Crippen molar-refractivity contribution < 1.29 is 24.2 Å². The lowest BCUT2D eigenvalue weighted by atomic mass is 9.91. The van der Waals surface area contributed by atoms with Gasteiger partial charge in [-0.2, -0.15) is 0 Å². The van der Waals surface area contributed by atoms with Gasteiger partial charge in [-0.25, -0.2) is 4.99 Å². The van der Waals surface area contributed by atoms with Gasteiger partial charge in [0.2, 0.25) is 5.91 Å². The molecule has 3 atom stereocenters. The van der Waals surface area contributed by atoms with Crippen molar-refractivity contribution in [2.45, 2.75) is 70.2 Å². The van der Waals surface area contributed by atoms with Crippen LogP contribution in [0.5, 0.6) is 11.5 Å². The summed E-state index contributed by atoms with van der Waals surface area (Å²) in [4.78, 5) is 32.6. The van der Waals surface area contributed by atoms with Crippen molar-refractivity contribution in [2.75, 3.05) is 13.2 Å². The molecule has 3 unspecified atom stereocenters. The molecular formula is C28H34N4O5. The summed E-state index contributed by atoms with van der Waals surface area (Å²) >= 11 is 0. The number of ether oxygens (including phenoxy) is 2. The van der Waals surface area contributed by atoms with Gasteiger partial charge >= 0.3 is 0 Å². The van der Waals surface area contributed by atoms with E-state index in [1.165, 1.54) is 4.90 Å². The standard InChI is InChI=1S/C28H34N4O5/c1-3-36-22-11-9-18-13-19(22)15-32-24(34)14-20(30-27(32)29)7-5-4-6-17-8-10-23-21(12-17)25(31-26(18)35)28(2,16-33)37-23/h8-13,20,25,33H,3-7,14-16H2,1-2H3,(H2,29,30)(H,31,35). The van der Waals surface area contributed by atoms with E-state index in [2.05, 4.69) is 16.4 Å². The smallest absolute Gasteiger partial charge is 0.251 e. The van der Waals surface area contributed by atoms with E-state index in [9.17, 15) is 14.7 Å². The number of nitrogens with two attached hydrogens (primary N) is 1. The van der Waals surface area contributed by atoms with Crippen LogP contribution in [0.25, 0.3) is 0 Å². The van der Waals surface area contributed by atoms with Gasteiger partial charge in [0.1, 0.15) is 11.5 Å². The summed E-state index contributed by atoms with van der Waals surface area (Å²) in [6, 6.07) is 10.5. The van der Waals surface area contributed by atoms with Crippen LogP contribution in [0.15, 0.2) is 41.4 Å². The number of nitrogens with zero attached hydrogens (tertiary/aromatic N) is 2. The number of hydrogen-bond acceptors (Lipinski definition) is 7. The molecule has 2 amide bonds. The fourth-order valence-electron chi connectivity index (χ4n) is 5.38.